The zero-order valence-corrected chi connectivity index (χ0v) is 7.48. The second kappa shape index (κ2) is 15.6. The third kappa shape index (κ3) is 30.3. The van der Waals surface area contributed by atoms with Gasteiger partial charge in [0.15, 0.2) is 0 Å². The van der Waals surface area contributed by atoms with Crippen LogP contribution in [-0.2, 0) is 0 Å². The van der Waals surface area contributed by atoms with Crippen LogP contribution in [0.4, 0.5) is 0 Å². The fourth-order valence-electron chi connectivity index (χ4n) is 0.204. The molecule has 52 valence electrons. The molecule has 2 heteroatoms. The van der Waals surface area contributed by atoms with Gasteiger partial charge in [0.1, 0.15) is 0 Å². The highest BCUT2D eigenvalue weighted by Gasteiger charge is 1.67. The van der Waals surface area contributed by atoms with Gasteiger partial charge in [0.25, 0.3) is 0 Å². The van der Waals surface area contributed by atoms with Crippen molar-refractivity contribution in [1.29, 1.82) is 0 Å². The van der Waals surface area contributed by atoms with E-state index in [0.29, 0.717) is 0 Å². The van der Waals surface area contributed by atoms with Crippen LogP contribution in [0.25, 0.3) is 0 Å². The van der Waals surface area contributed by atoms with Gasteiger partial charge in [-0.1, -0.05) is 20.8 Å². The molecule has 8 heavy (non-hydrogen) atoms. The SMILES string of the molecule is CCCl.CCSCC. The average Bonchev–Trinajstić information content (AvgIpc) is 1.71. The van der Waals surface area contributed by atoms with Crippen molar-refractivity contribution in [3.05, 3.63) is 0 Å². The van der Waals surface area contributed by atoms with E-state index in [0.717, 1.165) is 5.88 Å². The van der Waals surface area contributed by atoms with E-state index in [2.05, 4.69) is 13.8 Å². The Balaban J connectivity index is 0. The molecule has 0 fully saturated rings. The van der Waals surface area contributed by atoms with Crippen molar-refractivity contribution in [3.63, 3.8) is 0 Å². The summed E-state index contributed by atoms with van der Waals surface area (Å²) in [5, 5.41) is 0. The third-order valence-corrected chi connectivity index (χ3v) is 1.22. The largest absolute Gasteiger partial charge is 0.163 e. The molecule has 0 bridgehead atoms. The predicted octanol–water partition coefficient (Wildman–Crippen LogP) is 3.00. The van der Waals surface area contributed by atoms with Gasteiger partial charge in [-0.15, -0.1) is 11.6 Å². The van der Waals surface area contributed by atoms with Crippen LogP contribution in [0, 0.1) is 0 Å². The molecule has 0 aliphatic heterocycles. The van der Waals surface area contributed by atoms with Crippen molar-refractivity contribution in [2.24, 2.45) is 0 Å². The van der Waals surface area contributed by atoms with Gasteiger partial charge in [-0.25, -0.2) is 0 Å². The molecule has 0 aromatic carbocycles. The standard InChI is InChI=1S/C4H10S.C2H5Cl/c1-3-5-4-2;1-2-3/h3-4H2,1-2H3;2H2,1H3. The predicted molar refractivity (Wildman–Crippen MR) is 45.1 cm³/mol. The molecule has 0 aromatic rings. The molecule has 0 rings (SSSR count). The Kier molecular flexibility index (Phi) is 22.4. The summed E-state index contributed by atoms with van der Waals surface area (Å²) in [7, 11) is 0. The molecule has 0 amide bonds. The van der Waals surface area contributed by atoms with Gasteiger partial charge < -0.3 is 0 Å². The first-order chi connectivity index (χ1) is 3.83. The second-order valence-electron chi connectivity index (χ2n) is 1.05. The van der Waals surface area contributed by atoms with Gasteiger partial charge in [-0.3, -0.25) is 0 Å². The lowest BCUT2D eigenvalue weighted by Crippen LogP contribution is -1.64. The van der Waals surface area contributed by atoms with Crippen molar-refractivity contribution in [1.82, 2.24) is 0 Å². The fraction of sp³-hybridized carbons (Fsp3) is 1.00. The molecule has 0 heterocycles. The quantitative estimate of drug-likeness (QED) is 0.552. The highest BCUT2D eigenvalue weighted by atomic mass is 35.5. The molecular weight excluding hydrogens is 140 g/mol. The van der Waals surface area contributed by atoms with E-state index < -0.39 is 0 Å². The Labute approximate surface area is 62.0 Å². The molecule has 0 atom stereocenters. The molecular formula is C6H15ClS. The third-order valence-electron chi connectivity index (χ3n) is 0.408. The van der Waals surface area contributed by atoms with Gasteiger partial charge in [0, 0.05) is 5.88 Å². The van der Waals surface area contributed by atoms with Crippen molar-refractivity contribution in [2.45, 2.75) is 20.8 Å². The molecule has 0 aliphatic carbocycles. The van der Waals surface area contributed by atoms with Crippen LogP contribution in [-0.4, -0.2) is 17.4 Å². The Morgan fingerprint density at radius 1 is 1.12 bits per heavy atom. The van der Waals surface area contributed by atoms with Crippen LogP contribution in [0.15, 0.2) is 0 Å². The fourth-order valence-corrected chi connectivity index (χ4v) is 0.612. The normalized spacial score (nSPS) is 7.50. The first-order valence-corrected chi connectivity index (χ1v) is 4.66. The molecule has 0 unspecified atom stereocenters. The molecule has 0 aliphatic rings. The zero-order valence-electron chi connectivity index (χ0n) is 5.91. The molecule has 0 saturated heterocycles. The Morgan fingerprint density at radius 3 is 1.38 bits per heavy atom. The topological polar surface area (TPSA) is 0 Å². The van der Waals surface area contributed by atoms with E-state index in [-0.39, 0.29) is 0 Å². The summed E-state index contributed by atoms with van der Waals surface area (Å²) in [6.07, 6.45) is 0. The lowest BCUT2D eigenvalue weighted by molar-refractivity contribution is 1.46. The summed E-state index contributed by atoms with van der Waals surface area (Å²) in [5.74, 6) is 3.24. The minimum absolute atomic E-state index is 0.722. The number of rotatable bonds is 2. The monoisotopic (exact) mass is 154 g/mol. The van der Waals surface area contributed by atoms with Crippen LogP contribution >= 0.6 is 23.4 Å². The molecule has 0 radical (unpaired) electrons. The van der Waals surface area contributed by atoms with Gasteiger partial charge >= 0.3 is 0 Å². The summed E-state index contributed by atoms with van der Waals surface area (Å²) >= 11 is 6.96. The van der Waals surface area contributed by atoms with E-state index in [1.165, 1.54) is 11.5 Å². The maximum atomic E-state index is 5.00. The molecule has 0 saturated carbocycles. The summed E-state index contributed by atoms with van der Waals surface area (Å²) in [6.45, 7) is 6.24. The first-order valence-electron chi connectivity index (χ1n) is 2.97. The number of halogens is 1. The van der Waals surface area contributed by atoms with Crippen LogP contribution in [0.2, 0.25) is 0 Å². The van der Waals surface area contributed by atoms with Crippen LogP contribution < -0.4 is 0 Å². The van der Waals surface area contributed by atoms with E-state index in [4.69, 9.17) is 11.6 Å². The molecule has 0 N–H and O–H groups in total. The van der Waals surface area contributed by atoms with Gasteiger partial charge in [0.2, 0.25) is 0 Å². The van der Waals surface area contributed by atoms with Crippen molar-refractivity contribution >= 4 is 23.4 Å². The number of alkyl halides is 1. The summed E-state index contributed by atoms with van der Waals surface area (Å²) < 4.78 is 0. The maximum absolute atomic E-state index is 5.00. The van der Waals surface area contributed by atoms with Crippen molar-refractivity contribution < 1.29 is 0 Å². The van der Waals surface area contributed by atoms with E-state index in [1.807, 2.05) is 18.7 Å². The van der Waals surface area contributed by atoms with Gasteiger partial charge in [-0.05, 0) is 11.5 Å². The van der Waals surface area contributed by atoms with E-state index in [9.17, 15) is 0 Å². The number of hydrogen-bond acceptors (Lipinski definition) is 1. The highest BCUT2D eigenvalue weighted by Crippen LogP contribution is 1.93. The van der Waals surface area contributed by atoms with Crippen LogP contribution in [0.5, 0.6) is 0 Å². The lowest BCUT2D eigenvalue weighted by atomic mass is 11.0. The Morgan fingerprint density at radius 2 is 1.38 bits per heavy atom. The lowest BCUT2D eigenvalue weighted by Gasteiger charge is -1.80. The first kappa shape index (κ1) is 11.4. The maximum Gasteiger partial charge on any atom is 0.0195 e. The highest BCUT2D eigenvalue weighted by molar-refractivity contribution is 7.99. The second-order valence-corrected chi connectivity index (χ2v) is 3.15. The number of thioether (sulfide) groups is 1. The summed E-state index contributed by atoms with van der Waals surface area (Å²) in [4.78, 5) is 0. The zero-order chi connectivity index (χ0) is 6.83. The Bertz CT molecular complexity index is 22.5. The average molecular weight is 155 g/mol. The van der Waals surface area contributed by atoms with E-state index in [1.54, 1.807) is 0 Å². The molecule has 0 nitrogen and oxygen atoms in total. The smallest absolute Gasteiger partial charge is 0.0195 e. The van der Waals surface area contributed by atoms with Gasteiger partial charge in [0.05, 0.1) is 0 Å². The number of hydrogen-bond donors (Lipinski definition) is 0. The van der Waals surface area contributed by atoms with Crippen LogP contribution in [0.3, 0.4) is 0 Å². The van der Waals surface area contributed by atoms with Gasteiger partial charge in [-0.2, -0.15) is 11.8 Å². The van der Waals surface area contributed by atoms with Crippen molar-refractivity contribution in [2.75, 3.05) is 17.4 Å². The van der Waals surface area contributed by atoms with E-state index >= 15 is 0 Å². The minimum atomic E-state index is 0.722. The molecule has 0 spiro atoms. The summed E-state index contributed by atoms with van der Waals surface area (Å²) in [6, 6.07) is 0. The minimum Gasteiger partial charge on any atom is -0.163 e. The van der Waals surface area contributed by atoms with Crippen LogP contribution in [0.1, 0.15) is 20.8 Å². The Hall–Kier alpha value is 0.640. The summed E-state index contributed by atoms with van der Waals surface area (Å²) in [5.41, 5.74) is 0. The molecule has 0 aromatic heterocycles. The van der Waals surface area contributed by atoms with Crippen molar-refractivity contribution in [3.8, 4) is 0 Å².